The van der Waals surface area contributed by atoms with Gasteiger partial charge < -0.3 is 18.9 Å². The van der Waals surface area contributed by atoms with Crippen molar-refractivity contribution in [2.24, 2.45) is 0 Å². The number of rotatable bonds is 8. The SMILES string of the molecule is COc1cc(Cl)cc(C(C)C(=O)C(C)c2cc(Cl)cc(OC)c2OC)c1OC. The van der Waals surface area contributed by atoms with Gasteiger partial charge in [-0.3, -0.25) is 4.79 Å². The molecule has 0 aliphatic heterocycles. The van der Waals surface area contributed by atoms with Crippen LogP contribution < -0.4 is 18.9 Å². The van der Waals surface area contributed by atoms with Crippen molar-refractivity contribution in [2.75, 3.05) is 28.4 Å². The Labute approximate surface area is 175 Å². The second-order valence-corrected chi connectivity index (χ2v) is 7.18. The van der Waals surface area contributed by atoms with E-state index in [0.717, 1.165) is 0 Å². The molecule has 0 saturated heterocycles. The van der Waals surface area contributed by atoms with Gasteiger partial charge in [-0.25, -0.2) is 0 Å². The lowest BCUT2D eigenvalue weighted by Crippen LogP contribution is -2.18. The number of Topliss-reactive ketones (excluding diaryl/α,β-unsaturated/α-hetero) is 1. The zero-order valence-corrected chi connectivity index (χ0v) is 18.3. The molecule has 0 aliphatic carbocycles. The van der Waals surface area contributed by atoms with Crippen LogP contribution in [0.15, 0.2) is 24.3 Å². The van der Waals surface area contributed by atoms with Crippen molar-refractivity contribution in [3.63, 3.8) is 0 Å². The molecule has 0 spiro atoms. The van der Waals surface area contributed by atoms with E-state index < -0.39 is 11.8 Å². The van der Waals surface area contributed by atoms with Crippen molar-refractivity contribution in [1.82, 2.24) is 0 Å². The second kappa shape index (κ2) is 9.39. The summed E-state index contributed by atoms with van der Waals surface area (Å²) in [5.74, 6) is 0.842. The lowest BCUT2D eigenvalue weighted by Gasteiger charge is -2.22. The predicted octanol–water partition coefficient (Wildman–Crippen LogP) is 5.50. The lowest BCUT2D eigenvalue weighted by molar-refractivity contribution is -0.121. The number of hydrogen-bond acceptors (Lipinski definition) is 5. The molecule has 2 aromatic rings. The zero-order chi connectivity index (χ0) is 21.0. The molecule has 0 radical (unpaired) electrons. The molecule has 2 atom stereocenters. The van der Waals surface area contributed by atoms with Crippen LogP contribution in [0.25, 0.3) is 0 Å². The Morgan fingerprint density at radius 3 is 1.36 bits per heavy atom. The van der Waals surface area contributed by atoms with Gasteiger partial charge in [0.15, 0.2) is 23.0 Å². The highest BCUT2D eigenvalue weighted by Crippen LogP contribution is 2.43. The Morgan fingerprint density at radius 1 is 0.714 bits per heavy atom. The average molecular weight is 427 g/mol. The van der Waals surface area contributed by atoms with Gasteiger partial charge in [0.2, 0.25) is 0 Å². The molecule has 0 heterocycles. The third kappa shape index (κ3) is 4.31. The normalized spacial score (nSPS) is 12.9. The summed E-state index contributed by atoms with van der Waals surface area (Å²) in [7, 11) is 6.11. The number of halogens is 2. The van der Waals surface area contributed by atoms with Crippen LogP contribution in [0.5, 0.6) is 23.0 Å². The Morgan fingerprint density at radius 2 is 1.07 bits per heavy atom. The Hall–Kier alpha value is -2.11. The molecule has 0 N–H and O–H groups in total. The van der Waals surface area contributed by atoms with Crippen molar-refractivity contribution >= 4 is 29.0 Å². The van der Waals surface area contributed by atoms with Crippen LogP contribution >= 0.6 is 23.2 Å². The number of ether oxygens (including phenoxy) is 4. The molecule has 0 amide bonds. The van der Waals surface area contributed by atoms with Crippen LogP contribution in [-0.2, 0) is 4.79 Å². The Bertz CT molecular complexity index is 797. The van der Waals surface area contributed by atoms with E-state index in [1.54, 1.807) is 38.1 Å². The van der Waals surface area contributed by atoms with Crippen molar-refractivity contribution in [3.05, 3.63) is 45.4 Å². The van der Waals surface area contributed by atoms with Crippen molar-refractivity contribution in [2.45, 2.75) is 25.7 Å². The minimum atomic E-state index is -0.507. The molecule has 0 aliphatic rings. The molecule has 2 rings (SSSR count). The summed E-state index contributed by atoms with van der Waals surface area (Å²) in [6, 6.07) is 6.73. The number of carbonyl (C=O) groups is 1. The number of carbonyl (C=O) groups excluding carboxylic acids is 1. The Kier molecular flexibility index (Phi) is 7.44. The minimum Gasteiger partial charge on any atom is -0.493 e. The minimum absolute atomic E-state index is 0.0507. The van der Waals surface area contributed by atoms with Crippen LogP contribution in [-0.4, -0.2) is 34.2 Å². The van der Waals surface area contributed by atoms with Gasteiger partial charge in [-0.15, -0.1) is 0 Å². The molecule has 0 fully saturated rings. The van der Waals surface area contributed by atoms with Crippen LogP contribution in [0.4, 0.5) is 0 Å². The summed E-state index contributed by atoms with van der Waals surface area (Å²) in [5, 5.41) is 0.920. The number of methoxy groups -OCH3 is 4. The summed E-state index contributed by atoms with van der Waals surface area (Å²) < 4.78 is 21.6. The second-order valence-electron chi connectivity index (χ2n) is 6.31. The molecule has 5 nitrogen and oxygen atoms in total. The van der Waals surface area contributed by atoms with E-state index in [4.69, 9.17) is 42.1 Å². The highest BCUT2D eigenvalue weighted by molar-refractivity contribution is 6.31. The fraction of sp³-hybridized carbons (Fsp3) is 0.381. The summed E-state index contributed by atoms with van der Waals surface area (Å²) in [6.07, 6.45) is 0. The lowest BCUT2D eigenvalue weighted by atomic mass is 9.85. The fourth-order valence-electron chi connectivity index (χ4n) is 3.24. The largest absolute Gasteiger partial charge is 0.493 e. The van der Waals surface area contributed by atoms with E-state index in [1.165, 1.54) is 28.4 Å². The highest BCUT2D eigenvalue weighted by Gasteiger charge is 2.30. The van der Waals surface area contributed by atoms with Gasteiger partial charge in [0.25, 0.3) is 0 Å². The first-order chi connectivity index (χ1) is 13.3. The molecule has 2 unspecified atom stereocenters. The Balaban J connectivity index is 2.50. The number of hydrogen-bond donors (Lipinski definition) is 0. The summed E-state index contributed by atoms with van der Waals surface area (Å²) in [6.45, 7) is 3.61. The first kappa shape index (κ1) is 22.2. The van der Waals surface area contributed by atoms with Crippen molar-refractivity contribution in [3.8, 4) is 23.0 Å². The zero-order valence-electron chi connectivity index (χ0n) is 16.8. The van der Waals surface area contributed by atoms with Gasteiger partial charge in [0, 0.05) is 45.1 Å². The molecule has 152 valence electrons. The van der Waals surface area contributed by atoms with E-state index in [-0.39, 0.29) is 5.78 Å². The monoisotopic (exact) mass is 426 g/mol. The molecular weight excluding hydrogens is 403 g/mol. The van der Waals surface area contributed by atoms with Gasteiger partial charge in [-0.2, -0.15) is 0 Å². The summed E-state index contributed by atoms with van der Waals surface area (Å²) in [4.78, 5) is 13.3. The van der Waals surface area contributed by atoms with Gasteiger partial charge in [-0.05, 0) is 12.1 Å². The molecule has 0 aromatic heterocycles. The first-order valence-electron chi connectivity index (χ1n) is 8.65. The maximum absolute atomic E-state index is 13.3. The van der Waals surface area contributed by atoms with E-state index in [0.29, 0.717) is 44.2 Å². The third-order valence-electron chi connectivity index (χ3n) is 4.73. The highest BCUT2D eigenvalue weighted by atomic mass is 35.5. The van der Waals surface area contributed by atoms with Gasteiger partial charge >= 0.3 is 0 Å². The standard InChI is InChI=1S/C21H24Cl2O5/c1-11(15-7-13(22)9-17(25-3)20(15)27-5)19(24)12(2)16-8-14(23)10-18(26-4)21(16)28-6/h7-12H,1-6H3. The predicted molar refractivity (Wildman–Crippen MR) is 111 cm³/mol. The van der Waals surface area contributed by atoms with Crippen LogP contribution in [0.2, 0.25) is 10.0 Å². The fourth-order valence-corrected chi connectivity index (χ4v) is 3.68. The van der Waals surface area contributed by atoms with E-state index in [9.17, 15) is 4.79 Å². The molecule has 7 heteroatoms. The van der Waals surface area contributed by atoms with Gasteiger partial charge in [0.05, 0.1) is 28.4 Å². The van der Waals surface area contributed by atoms with E-state index in [1.807, 2.05) is 0 Å². The number of benzene rings is 2. The first-order valence-corrected chi connectivity index (χ1v) is 9.41. The van der Waals surface area contributed by atoms with Crippen molar-refractivity contribution < 1.29 is 23.7 Å². The molecule has 0 bridgehead atoms. The molecule has 0 saturated carbocycles. The average Bonchev–Trinajstić information content (AvgIpc) is 2.70. The van der Waals surface area contributed by atoms with E-state index >= 15 is 0 Å². The maximum atomic E-state index is 13.3. The van der Waals surface area contributed by atoms with Crippen molar-refractivity contribution in [1.29, 1.82) is 0 Å². The van der Waals surface area contributed by atoms with E-state index in [2.05, 4.69) is 0 Å². The van der Waals surface area contributed by atoms with Crippen LogP contribution in [0.1, 0.15) is 36.8 Å². The topological polar surface area (TPSA) is 54.0 Å². The van der Waals surface area contributed by atoms with Gasteiger partial charge in [-0.1, -0.05) is 37.0 Å². The van der Waals surface area contributed by atoms with Gasteiger partial charge in [0.1, 0.15) is 5.78 Å². The molecule has 2 aromatic carbocycles. The molecule has 28 heavy (non-hydrogen) atoms. The smallest absolute Gasteiger partial charge is 0.164 e. The third-order valence-corrected chi connectivity index (χ3v) is 5.17. The summed E-state index contributed by atoms with van der Waals surface area (Å²) >= 11 is 12.4. The summed E-state index contributed by atoms with van der Waals surface area (Å²) in [5.41, 5.74) is 1.30. The molecular formula is C21H24Cl2O5. The number of ketones is 1. The van der Waals surface area contributed by atoms with Crippen LogP contribution in [0, 0.1) is 0 Å². The maximum Gasteiger partial charge on any atom is 0.164 e. The quantitative estimate of drug-likeness (QED) is 0.557. The van der Waals surface area contributed by atoms with Crippen LogP contribution in [0.3, 0.4) is 0 Å².